The van der Waals surface area contributed by atoms with Crippen LogP contribution >= 0.6 is 0 Å². The summed E-state index contributed by atoms with van der Waals surface area (Å²) >= 11 is 0. The average molecular weight is 813 g/mol. The van der Waals surface area contributed by atoms with Gasteiger partial charge in [-0.2, -0.15) is 0 Å². The van der Waals surface area contributed by atoms with Crippen LogP contribution in [0.15, 0.2) is 102 Å². The summed E-state index contributed by atoms with van der Waals surface area (Å²) in [6, 6.07) is 23.4. The van der Waals surface area contributed by atoms with E-state index in [2.05, 4.69) is 36.0 Å². The van der Waals surface area contributed by atoms with Crippen LogP contribution in [0.25, 0.3) is 11.1 Å². The first-order valence-corrected chi connectivity index (χ1v) is 21.0. The van der Waals surface area contributed by atoms with Crippen molar-refractivity contribution >= 4 is 11.8 Å². The summed E-state index contributed by atoms with van der Waals surface area (Å²) in [5.41, 5.74) is 4.76. The fraction of sp³-hybridized carbons (Fsp3) is 0.489. The molecule has 0 saturated heterocycles. The van der Waals surface area contributed by atoms with Crippen molar-refractivity contribution in [3.8, 4) is 28.4 Å². The Balaban J connectivity index is 1.51. The Labute approximate surface area is 348 Å². The van der Waals surface area contributed by atoms with Crippen molar-refractivity contribution < 1.29 is 48.6 Å². The second-order valence-electron chi connectivity index (χ2n) is 15.2. The Morgan fingerprint density at radius 3 is 2.36 bits per heavy atom. The number of nitrogens with zero attached hydrogens (tertiary/aromatic N) is 2. The zero-order chi connectivity index (χ0) is 41.6. The maximum atomic E-state index is 14.0. The molecule has 3 aromatic rings. The van der Waals surface area contributed by atoms with Gasteiger partial charge in [0.05, 0.1) is 44.7 Å². The van der Waals surface area contributed by atoms with Gasteiger partial charge in [-0.3, -0.25) is 4.90 Å². The van der Waals surface area contributed by atoms with Gasteiger partial charge < -0.3 is 43.8 Å². The lowest BCUT2D eigenvalue weighted by atomic mass is 9.55. The zero-order valence-corrected chi connectivity index (χ0v) is 34.4. The minimum atomic E-state index is -1.44. The van der Waals surface area contributed by atoms with Crippen LogP contribution in [-0.2, 0) is 19.0 Å². The second kappa shape index (κ2) is 21.5. The van der Waals surface area contributed by atoms with E-state index in [0.717, 1.165) is 47.9 Å². The molecule has 0 radical (unpaired) electrons. The zero-order valence-electron chi connectivity index (χ0n) is 34.4. The molecule has 12 nitrogen and oxygen atoms in total. The standard InChI is InChI=1S/C47H60N2O10/c1-4-27-57-47-43(49(46(53)56-5-2)23-28-55-29-26-52)32-41(48-54-3)39-30-35(15-9-11-24-50)38(16-10-12-25-51)44(45(39)47)40-31-37(21-22-42(40)59-47)58-36-19-17-34(18-20-36)33-13-7-6-8-14-33/h4,6-8,13-14,17-22,30-31,35,38,43-45,50-52H,1,5,9-12,15-16,23-29,32H2,2-3H3. The molecule has 1 fully saturated rings. The molecule has 0 bridgehead atoms. The van der Waals surface area contributed by atoms with E-state index in [4.69, 9.17) is 28.5 Å². The topological polar surface area (TPSA) is 149 Å². The largest absolute Gasteiger partial charge is 0.459 e. The number of carbonyl (C=O) groups is 1. The molecular weight excluding hydrogens is 753 g/mol. The van der Waals surface area contributed by atoms with E-state index >= 15 is 0 Å². The van der Waals surface area contributed by atoms with Gasteiger partial charge in [0.25, 0.3) is 0 Å². The number of hydrogen-bond acceptors (Lipinski definition) is 11. The molecule has 1 aliphatic heterocycles. The van der Waals surface area contributed by atoms with E-state index in [1.165, 1.54) is 7.11 Å². The predicted octanol–water partition coefficient (Wildman–Crippen LogP) is 7.88. The lowest BCUT2D eigenvalue weighted by Gasteiger charge is -2.59. The second-order valence-corrected chi connectivity index (χ2v) is 15.2. The van der Waals surface area contributed by atoms with Gasteiger partial charge in [0.15, 0.2) is 0 Å². The van der Waals surface area contributed by atoms with Gasteiger partial charge in [0.2, 0.25) is 5.79 Å². The smallest absolute Gasteiger partial charge is 0.410 e. The predicted molar refractivity (Wildman–Crippen MR) is 226 cm³/mol. The summed E-state index contributed by atoms with van der Waals surface area (Å²) in [6.45, 7) is 6.47. The van der Waals surface area contributed by atoms with E-state index in [0.29, 0.717) is 35.8 Å². The summed E-state index contributed by atoms with van der Waals surface area (Å²) in [4.78, 5) is 21.2. The number of ether oxygens (including phenoxy) is 5. The SMILES string of the molecule is C=CCOC12Oc3ccc(Oc4ccc(-c5ccccc5)cc4)cc3C3C(CCCCO)C(CCCCO)C=C(C(=NOC)CC1N(CCOCCO)C(=O)OCC)C32. The minimum Gasteiger partial charge on any atom is -0.459 e. The Morgan fingerprint density at radius 1 is 0.932 bits per heavy atom. The average Bonchev–Trinajstić information content (AvgIpc) is 3.25. The van der Waals surface area contributed by atoms with Crippen LogP contribution in [0.4, 0.5) is 4.79 Å². The third-order valence-corrected chi connectivity index (χ3v) is 11.6. The number of hydrogen-bond donors (Lipinski definition) is 3. The van der Waals surface area contributed by atoms with Crippen molar-refractivity contribution in [3.63, 3.8) is 0 Å². The summed E-state index contributed by atoms with van der Waals surface area (Å²) in [5, 5.41) is 33.8. The maximum absolute atomic E-state index is 14.0. The van der Waals surface area contributed by atoms with Gasteiger partial charge >= 0.3 is 6.09 Å². The van der Waals surface area contributed by atoms with Crippen molar-refractivity contribution in [1.29, 1.82) is 0 Å². The molecule has 3 aliphatic rings. The van der Waals surface area contributed by atoms with E-state index in [1.807, 2.05) is 54.6 Å². The highest BCUT2D eigenvalue weighted by molar-refractivity contribution is 6.03. The van der Waals surface area contributed by atoms with Crippen LogP contribution in [0.1, 0.15) is 63.4 Å². The Hall–Kier alpha value is -4.72. The van der Waals surface area contributed by atoms with Crippen LogP contribution in [0.3, 0.4) is 0 Å². The Morgan fingerprint density at radius 2 is 1.66 bits per heavy atom. The van der Waals surface area contributed by atoms with E-state index in [1.54, 1.807) is 17.9 Å². The highest BCUT2D eigenvalue weighted by Gasteiger charge is 2.65. The first kappa shape index (κ1) is 43.8. The van der Waals surface area contributed by atoms with E-state index in [-0.39, 0.29) is 77.0 Å². The number of oxime groups is 1. The number of aliphatic hydroxyl groups excluding tert-OH is 3. The van der Waals surface area contributed by atoms with Crippen molar-refractivity contribution in [1.82, 2.24) is 4.90 Å². The monoisotopic (exact) mass is 812 g/mol. The summed E-state index contributed by atoms with van der Waals surface area (Å²) in [5.74, 6) is -0.0464. The number of allylic oxidation sites excluding steroid dienone is 1. The number of aliphatic hydroxyl groups is 3. The molecule has 1 amide bonds. The lowest BCUT2D eigenvalue weighted by Crippen LogP contribution is -2.70. The molecule has 1 saturated carbocycles. The fourth-order valence-electron chi connectivity index (χ4n) is 9.21. The van der Waals surface area contributed by atoms with Crippen molar-refractivity contribution in [3.05, 3.63) is 103 Å². The molecule has 2 aliphatic carbocycles. The molecule has 0 spiro atoms. The first-order chi connectivity index (χ1) is 28.9. The number of benzene rings is 3. The van der Waals surface area contributed by atoms with Gasteiger partial charge in [-0.15, -0.1) is 6.58 Å². The number of amides is 1. The quantitative estimate of drug-likeness (QED) is 0.0520. The molecule has 12 heteroatoms. The van der Waals surface area contributed by atoms with Gasteiger partial charge in [-0.05, 0) is 91.5 Å². The Kier molecular flexibility index (Phi) is 16.0. The third kappa shape index (κ3) is 10.0. The summed E-state index contributed by atoms with van der Waals surface area (Å²) in [6.07, 6.45) is 8.24. The molecule has 0 aromatic heterocycles. The normalized spacial score (nSPS) is 23.6. The molecule has 318 valence electrons. The number of fused-ring (bicyclic) bond motifs is 2. The van der Waals surface area contributed by atoms with Crippen LogP contribution in [0.5, 0.6) is 17.2 Å². The molecule has 59 heavy (non-hydrogen) atoms. The van der Waals surface area contributed by atoms with Gasteiger partial charge in [0.1, 0.15) is 30.4 Å². The molecule has 6 rings (SSSR count). The van der Waals surface area contributed by atoms with Gasteiger partial charge in [-0.1, -0.05) is 72.6 Å². The highest BCUT2D eigenvalue weighted by Crippen LogP contribution is 2.62. The summed E-state index contributed by atoms with van der Waals surface area (Å²) < 4.78 is 32.1. The van der Waals surface area contributed by atoms with Crippen molar-refractivity contribution in [2.75, 3.05) is 59.9 Å². The fourth-order valence-corrected chi connectivity index (χ4v) is 9.21. The Bertz CT molecular complexity index is 1870. The maximum Gasteiger partial charge on any atom is 0.410 e. The summed E-state index contributed by atoms with van der Waals surface area (Å²) in [7, 11) is 1.52. The van der Waals surface area contributed by atoms with Crippen LogP contribution in [0, 0.1) is 17.8 Å². The number of unbranched alkanes of at least 4 members (excludes halogenated alkanes) is 2. The van der Waals surface area contributed by atoms with Gasteiger partial charge in [0, 0.05) is 37.7 Å². The number of rotatable bonds is 22. The van der Waals surface area contributed by atoms with Crippen molar-refractivity contribution in [2.45, 2.75) is 69.6 Å². The van der Waals surface area contributed by atoms with E-state index < -0.39 is 23.8 Å². The van der Waals surface area contributed by atoms with Crippen LogP contribution < -0.4 is 9.47 Å². The minimum absolute atomic E-state index is 0.0511. The molecule has 6 atom stereocenters. The molecule has 1 heterocycles. The number of carbonyl (C=O) groups excluding carboxylic acids is 1. The van der Waals surface area contributed by atoms with Crippen LogP contribution in [-0.4, -0.2) is 104 Å². The third-order valence-electron chi connectivity index (χ3n) is 11.6. The van der Waals surface area contributed by atoms with Crippen LogP contribution in [0.2, 0.25) is 0 Å². The van der Waals surface area contributed by atoms with Crippen molar-refractivity contribution in [2.24, 2.45) is 22.9 Å². The first-order valence-electron chi connectivity index (χ1n) is 21.0. The highest BCUT2D eigenvalue weighted by atomic mass is 16.7. The molecule has 6 unspecified atom stereocenters. The molecular formula is C47H60N2O10. The molecule has 3 aromatic carbocycles. The van der Waals surface area contributed by atoms with Gasteiger partial charge in [-0.25, -0.2) is 4.79 Å². The molecule has 3 N–H and O–H groups in total. The lowest BCUT2D eigenvalue weighted by molar-refractivity contribution is -0.256. The van der Waals surface area contributed by atoms with E-state index in [9.17, 15) is 20.1 Å².